The van der Waals surface area contributed by atoms with Gasteiger partial charge in [-0.15, -0.1) is 0 Å². The quantitative estimate of drug-likeness (QED) is 0.407. The van der Waals surface area contributed by atoms with E-state index in [1.54, 1.807) is 0 Å². The Labute approximate surface area is 170 Å². The highest BCUT2D eigenvalue weighted by Crippen LogP contribution is 2.35. The summed E-state index contributed by atoms with van der Waals surface area (Å²) in [5.74, 6) is 1.81. The number of rotatable bonds is 11. The Morgan fingerprint density at radius 3 is 2.43 bits per heavy atom. The number of benzene rings is 2. The molecule has 1 fully saturated rings. The first kappa shape index (κ1) is 20.7. The second-order valence-corrected chi connectivity index (χ2v) is 7.57. The van der Waals surface area contributed by atoms with Crippen LogP contribution in [0.4, 0.5) is 0 Å². The molecule has 3 nitrogen and oxygen atoms in total. The molecule has 0 saturated carbocycles. The summed E-state index contributed by atoms with van der Waals surface area (Å²) in [6.07, 6.45) is 9.73. The maximum atomic E-state index is 6.39. The van der Waals surface area contributed by atoms with Gasteiger partial charge in [0, 0.05) is 24.5 Å². The van der Waals surface area contributed by atoms with Crippen molar-refractivity contribution in [2.24, 2.45) is 0 Å². The van der Waals surface area contributed by atoms with Crippen LogP contribution in [-0.4, -0.2) is 25.9 Å². The predicted molar refractivity (Wildman–Crippen MR) is 115 cm³/mol. The van der Waals surface area contributed by atoms with E-state index in [0.717, 1.165) is 56.1 Å². The third kappa shape index (κ3) is 6.56. The van der Waals surface area contributed by atoms with Crippen molar-refractivity contribution in [1.29, 1.82) is 0 Å². The van der Waals surface area contributed by atoms with Crippen LogP contribution in [0.15, 0.2) is 48.5 Å². The Morgan fingerprint density at radius 2 is 1.64 bits per heavy atom. The fourth-order valence-electron chi connectivity index (χ4n) is 3.59. The molecule has 0 aromatic heterocycles. The van der Waals surface area contributed by atoms with Gasteiger partial charge in [0.15, 0.2) is 0 Å². The van der Waals surface area contributed by atoms with E-state index in [2.05, 4.69) is 49.4 Å². The third-order valence-electron chi connectivity index (χ3n) is 5.27. The highest BCUT2D eigenvalue weighted by Gasteiger charge is 2.18. The van der Waals surface area contributed by atoms with E-state index in [0.29, 0.717) is 0 Å². The zero-order chi connectivity index (χ0) is 19.4. The van der Waals surface area contributed by atoms with Gasteiger partial charge in [-0.25, -0.2) is 0 Å². The van der Waals surface area contributed by atoms with Gasteiger partial charge in [0.1, 0.15) is 17.6 Å². The van der Waals surface area contributed by atoms with E-state index >= 15 is 0 Å². The Hall–Kier alpha value is -2.00. The minimum Gasteiger partial charge on any atom is -0.493 e. The van der Waals surface area contributed by atoms with Crippen LogP contribution in [0.3, 0.4) is 0 Å². The molecular weight excluding hydrogens is 348 g/mol. The molecule has 3 rings (SSSR count). The molecule has 2 aromatic rings. The summed E-state index contributed by atoms with van der Waals surface area (Å²) in [6.45, 7) is 4.58. The Balaban J connectivity index is 1.62. The summed E-state index contributed by atoms with van der Waals surface area (Å²) in [4.78, 5) is 0. The first-order valence-corrected chi connectivity index (χ1v) is 10.9. The average Bonchev–Trinajstić information content (AvgIpc) is 2.75. The number of ether oxygens (including phenoxy) is 3. The second kappa shape index (κ2) is 11.8. The molecule has 1 heterocycles. The van der Waals surface area contributed by atoms with Crippen LogP contribution < -0.4 is 9.47 Å². The molecule has 0 unspecified atom stereocenters. The monoisotopic (exact) mass is 382 g/mol. The summed E-state index contributed by atoms with van der Waals surface area (Å²) in [5.41, 5.74) is 2.30. The zero-order valence-corrected chi connectivity index (χ0v) is 17.2. The lowest BCUT2D eigenvalue weighted by molar-refractivity contribution is 0.0257. The molecule has 0 amide bonds. The SMILES string of the molecule is CCCCCCCCOc1ccc(-c2ccccc2)c(OC2CCOCC2)c1. The number of hydrogen-bond acceptors (Lipinski definition) is 3. The summed E-state index contributed by atoms with van der Waals surface area (Å²) < 4.78 is 17.9. The van der Waals surface area contributed by atoms with Gasteiger partial charge in [0.25, 0.3) is 0 Å². The zero-order valence-electron chi connectivity index (χ0n) is 17.2. The molecule has 1 aliphatic rings. The van der Waals surface area contributed by atoms with E-state index in [-0.39, 0.29) is 6.10 Å². The maximum Gasteiger partial charge on any atom is 0.131 e. The maximum absolute atomic E-state index is 6.39. The van der Waals surface area contributed by atoms with Gasteiger partial charge in [-0.3, -0.25) is 0 Å². The van der Waals surface area contributed by atoms with Crippen LogP contribution in [0.25, 0.3) is 11.1 Å². The first-order chi connectivity index (χ1) is 13.9. The molecule has 2 aromatic carbocycles. The van der Waals surface area contributed by atoms with Crippen molar-refractivity contribution in [3.8, 4) is 22.6 Å². The normalized spacial score (nSPS) is 14.8. The number of unbranched alkanes of at least 4 members (excludes halogenated alkanes) is 5. The van der Waals surface area contributed by atoms with Gasteiger partial charge in [0.05, 0.1) is 19.8 Å². The lowest BCUT2D eigenvalue weighted by Crippen LogP contribution is -2.26. The van der Waals surface area contributed by atoms with Crippen molar-refractivity contribution < 1.29 is 14.2 Å². The van der Waals surface area contributed by atoms with Gasteiger partial charge in [-0.1, -0.05) is 69.4 Å². The predicted octanol–water partition coefficient (Wildman–Crippen LogP) is 6.65. The second-order valence-electron chi connectivity index (χ2n) is 7.57. The molecule has 0 N–H and O–H groups in total. The topological polar surface area (TPSA) is 27.7 Å². The Kier molecular flexibility index (Phi) is 8.70. The molecule has 0 aliphatic carbocycles. The fourth-order valence-corrected chi connectivity index (χ4v) is 3.59. The van der Waals surface area contributed by atoms with Crippen molar-refractivity contribution in [2.45, 2.75) is 64.4 Å². The lowest BCUT2D eigenvalue weighted by atomic mass is 10.0. The van der Waals surface area contributed by atoms with E-state index in [4.69, 9.17) is 14.2 Å². The van der Waals surface area contributed by atoms with Crippen LogP contribution in [0.1, 0.15) is 58.3 Å². The third-order valence-corrected chi connectivity index (χ3v) is 5.27. The molecule has 0 radical (unpaired) electrons. The van der Waals surface area contributed by atoms with E-state index in [9.17, 15) is 0 Å². The van der Waals surface area contributed by atoms with E-state index in [1.807, 2.05) is 6.07 Å². The molecule has 0 atom stereocenters. The molecule has 1 aliphatic heterocycles. The molecule has 0 spiro atoms. The summed E-state index contributed by atoms with van der Waals surface area (Å²) >= 11 is 0. The summed E-state index contributed by atoms with van der Waals surface area (Å²) in [6, 6.07) is 16.7. The highest BCUT2D eigenvalue weighted by atomic mass is 16.5. The van der Waals surface area contributed by atoms with Gasteiger partial charge in [0.2, 0.25) is 0 Å². The Bertz CT molecular complexity index is 677. The van der Waals surface area contributed by atoms with Crippen molar-refractivity contribution >= 4 is 0 Å². The van der Waals surface area contributed by atoms with E-state index in [1.165, 1.54) is 37.7 Å². The molecule has 152 valence electrons. The first-order valence-electron chi connectivity index (χ1n) is 10.9. The summed E-state index contributed by atoms with van der Waals surface area (Å²) in [7, 11) is 0. The van der Waals surface area contributed by atoms with Crippen LogP contribution in [0, 0.1) is 0 Å². The van der Waals surface area contributed by atoms with Crippen LogP contribution in [0.5, 0.6) is 11.5 Å². The van der Waals surface area contributed by atoms with Gasteiger partial charge in [-0.2, -0.15) is 0 Å². The van der Waals surface area contributed by atoms with Gasteiger partial charge in [-0.05, 0) is 24.1 Å². The molecule has 0 bridgehead atoms. The summed E-state index contributed by atoms with van der Waals surface area (Å²) in [5, 5.41) is 0. The molecule has 28 heavy (non-hydrogen) atoms. The van der Waals surface area contributed by atoms with Gasteiger partial charge >= 0.3 is 0 Å². The minimum absolute atomic E-state index is 0.213. The number of hydrogen-bond donors (Lipinski definition) is 0. The lowest BCUT2D eigenvalue weighted by Gasteiger charge is -2.25. The minimum atomic E-state index is 0.213. The van der Waals surface area contributed by atoms with Crippen molar-refractivity contribution in [3.05, 3.63) is 48.5 Å². The molecular formula is C25H34O3. The fraction of sp³-hybridized carbons (Fsp3) is 0.520. The van der Waals surface area contributed by atoms with Gasteiger partial charge < -0.3 is 14.2 Å². The van der Waals surface area contributed by atoms with Crippen molar-refractivity contribution in [1.82, 2.24) is 0 Å². The highest BCUT2D eigenvalue weighted by molar-refractivity contribution is 5.71. The molecule has 1 saturated heterocycles. The van der Waals surface area contributed by atoms with Crippen molar-refractivity contribution in [2.75, 3.05) is 19.8 Å². The van der Waals surface area contributed by atoms with Crippen molar-refractivity contribution in [3.63, 3.8) is 0 Å². The average molecular weight is 383 g/mol. The largest absolute Gasteiger partial charge is 0.493 e. The van der Waals surface area contributed by atoms with Crippen LogP contribution in [-0.2, 0) is 4.74 Å². The smallest absolute Gasteiger partial charge is 0.131 e. The van der Waals surface area contributed by atoms with Crippen LogP contribution >= 0.6 is 0 Å². The standard InChI is InChI=1S/C25H34O3/c1-2-3-4-5-6-10-17-27-23-13-14-24(21-11-8-7-9-12-21)25(20-23)28-22-15-18-26-19-16-22/h7-9,11-14,20,22H,2-6,10,15-19H2,1H3. The molecule has 3 heteroatoms. The Morgan fingerprint density at radius 1 is 0.893 bits per heavy atom. The van der Waals surface area contributed by atoms with E-state index < -0.39 is 0 Å². The van der Waals surface area contributed by atoms with Crippen LogP contribution in [0.2, 0.25) is 0 Å².